The second-order valence-electron chi connectivity index (χ2n) is 6.74. The van der Waals surface area contributed by atoms with Gasteiger partial charge in [0.1, 0.15) is 0 Å². The van der Waals surface area contributed by atoms with Gasteiger partial charge in [-0.15, -0.1) is 0 Å². The average molecular weight is 315 g/mol. The normalized spacial score (nSPS) is 28.6. The molecule has 0 saturated heterocycles. The van der Waals surface area contributed by atoms with Crippen LogP contribution in [0.2, 0.25) is 0 Å². The van der Waals surface area contributed by atoms with Crippen LogP contribution < -0.4 is 0 Å². The fourth-order valence-corrected chi connectivity index (χ4v) is 4.15. The number of carbonyl (C=O) groups excluding carboxylic acids is 2. The topological polar surface area (TPSA) is 64.4 Å². The van der Waals surface area contributed by atoms with E-state index in [1.54, 1.807) is 6.07 Å². The van der Waals surface area contributed by atoms with Gasteiger partial charge in [-0.1, -0.05) is 12.2 Å². The van der Waals surface area contributed by atoms with E-state index < -0.39 is 5.97 Å². The van der Waals surface area contributed by atoms with Crippen molar-refractivity contribution in [1.82, 2.24) is 14.7 Å². The Balaban J connectivity index is 1.52. The molecule has 122 valence electrons. The molecule has 6 heteroatoms. The number of aryl methyl sites for hydroxylation is 1. The van der Waals surface area contributed by atoms with Crippen LogP contribution in [0.1, 0.15) is 35.4 Å². The molecule has 0 radical (unpaired) electrons. The zero-order valence-corrected chi connectivity index (χ0v) is 13.3. The molecule has 1 fully saturated rings. The summed E-state index contributed by atoms with van der Waals surface area (Å²) < 4.78 is 6.56. The molecule has 0 aromatic carbocycles. The number of methoxy groups -OCH3 is 1. The van der Waals surface area contributed by atoms with E-state index in [9.17, 15) is 9.59 Å². The van der Waals surface area contributed by atoms with Crippen LogP contribution in [0.25, 0.3) is 0 Å². The Morgan fingerprint density at radius 2 is 2.13 bits per heavy atom. The van der Waals surface area contributed by atoms with Gasteiger partial charge < -0.3 is 9.64 Å². The van der Waals surface area contributed by atoms with Crippen molar-refractivity contribution in [1.29, 1.82) is 0 Å². The van der Waals surface area contributed by atoms with Crippen molar-refractivity contribution in [2.75, 3.05) is 13.7 Å². The molecule has 0 spiro atoms. The fourth-order valence-electron chi connectivity index (χ4n) is 4.15. The monoisotopic (exact) mass is 315 g/mol. The van der Waals surface area contributed by atoms with Crippen LogP contribution in [0, 0.1) is 17.8 Å². The number of carbonyl (C=O) groups is 2. The maximum atomic E-state index is 12.9. The van der Waals surface area contributed by atoms with Crippen LogP contribution in [0.3, 0.4) is 0 Å². The first-order valence-electron chi connectivity index (χ1n) is 8.28. The lowest BCUT2D eigenvalue weighted by molar-refractivity contribution is -0.137. The molecule has 2 heterocycles. The van der Waals surface area contributed by atoms with Crippen molar-refractivity contribution in [3.63, 3.8) is 0 Å². The third-order valence-corrected chi connectivity index (χ3v) is 5.32. The first-order chi connectivity index (χ1) is 11.2. The Hall–Kier alpha value is -2.11. The lowest BCUT2D eigenvalue weighted by Gasteiger charge is -2.26. The van der Waals surface area contributed by atoms with Crippen molar-refractivity contribution in [3.05, 3.63) is 29.6 Å². The number of ether oxygens (including phenoxy) is 1. The van der Waals surface area contributed by atoms with E-state index in [2.05, 4.69) is 17.3 Å². The molecule has 2 bridgehead atoms. The molecule has 1 aromatic heterocycles. The van der Waals surface area contributed by atoms with E-state index in [1.165, 1.54) is 7.11 Å². The molecule has 0 unspecified atom stereocenters. The molecule has 23 heavy (non-hydrogen) atoms. The van der Waals surface area contributed by atoms with Gasteiger partial charge in [-0.2, -0.15) is 5.10 Å². The van der Waals surface area contributed by atoms with E-state index >= 15 is 0 Å². The minimum absolute atomic E-state index is 0.138. The zero-order valence-electron chi connectivity index (χ0n) is 13.3. The number of aromatic nitrogens is 2. The lowest BCUT2D eigenvalue weighted by Crippen LogP contribution is -2.37. The summed E-state index contributed by atoms with van der Waals surface area (Å²) in [5.41, 5.74) is 1.23. The molecule has 0 N–H and O–H groups in total. The van der Waals surface area contributed by atoms with Crippen molar-refractivity contribution in [3.8, 4) is 0 Å². The first kappa shape index (κ1) is 14.5. The number of fused-ring (bicyclic) bond motifs is 3. The Labute approximate surface area is 135 Å². The largest absolute Gasteiger partial charge is 0.464 e. The third kappa shape index (κ3) is 2.46. The summed E-state index contributed by atoms with van der Waals surface area (Å²) >= 11 is 0. The van der Waals surface area contributed by atoms with Crippen LogP contribution in [-0.4, -0.2) is 40.2 Å². The van der Waals surface area contributed by atoms with Gasteiger partial charge in [-0.05, 0) is 37.2 Å². The SMILES string of the molecule is COC(=O)c1cc2n(n1)CCCN(C(=O)[C@@H]1C[C@@H]3C=C[C@H]1C3)C2. The van der Waals surface area contributed by atoms with E-state index in [-0.39, 0.29) is 11.8 Å². The van der Waals surface area contributed by atoms with Crippen LogP contribution >= 0.6 is 0 Å². The van der Waals surface area contributed by atoms with E-state index in [4.69, 9.17) is 4.74 Å². The predicted molar refractivity (Wildman–Crippen MR) is 82.4 cm³/mol. The fraction of sp³-hybridized carbons (Fsp3) is 0.588. The maximum Gasteiger partial charge on any atom is 0.358 e. The summed E-state index contributed by atoms with van der Waals surface area (Å²) in [6.07, 6.45) is 7.46. The molecular formula is C17H21N3O3. The van der Waals surface area contributed by atoms with Gasteiger partial charge >= 0.3 is 5.97 Å². The number of rotatable bonds is 2. The van der Waals surface area contributed by atoms with E-state index in [0.717, 1.165) is 38.0 Å². The second-order valence-corrected chi connectivity index (χ2v) is 6.74. The summed E-state index contributed by atoms with van der Waals surface area (Å²) in [5.74, 6) is 0.987. The third-order valence-electron chi connectivity index (χ3n) is 5.32. The van der Waals surface area contributed by atoms with Crippen LogP contribution in [-0.2, 0) is 22.6 Å². The van der Waals surface area contributed by atoms with Crippen LogP contribution in [0.5, 0.6) is 0 Å². The van der Waals surface area contributed by atoms with E-state index in [1.807, 2.05) is 9.58 Å². The molecule has 1 saturated carbocycles. The first-order valence-corrected chi connectivity index (χ1v) is 8.28. The Kier molecular flexibility index (Phi) is 3.47. The Morgan fingerprint density at radius 3 is 2.83 bits per heavy atom. The molecule has 1 aliphatic heterocycles. The zero-order chi connectivity index (χ0) is 16.0. The number of amides is 1. The molecule has 2 aliphatic carbocycles. The van der Waals surface area contributed by atoms with Gasteiger partial charge in [-0.3, -0.25) is 9.48 Å². The Bertz CT molecular complexity index is 679. The summed E-state index contributed by atoms with van der Waals surface area (Å²) in [6.45, 7) is 2.01. The highest BCUT2D eigenvalue weighted by atomic mass is 16.5. The standard InChI is InChI=1S/C17H21N3O3/c1-23-17(22)15-9-13-10-19(5-2-6-20(13)18-15)16(21)14-8-11-3-4-12(14)7-11/h3-4,9,11-12,14H,2,5-8,10H2,1H3/t11-,12+,14-/m1/s1. The van der Waals surface area contributed by atoms with Gasteiger partial charge in [0.05, 0.1) is 19.3 Å². The maximum absolute atomic E-state index is 12.9. The van der Waals surface area contributed by atoms with Gasteiger partial charge in [0.15, 0.2) is 5.69 Å². The number of hydrogen-bond donors (Lipinski definition) is 0. The van der Waals surface area contributed by atoms with Crippen molar-refractivity contribution in [2.45, 2.75) is 32.4 Å². The van der Waals surface area contributed by atoms with Gasteiger partial charge in [0, 0.05) is 19.0 Å². The van der Waals surface area contributed by atoms with Crippen molar-refractivity contribution >= 4 is 11.9 Å². The summed E-state index contributed by atoms with van der Waals surface area (Å²) in [5, 5.41) is 4.30. The average Bonchev–Trinajstić information content (AvgIpc) is 3.26. The number of allylic oxidation sites excluding steroid dienone is 2. The smallest absolute Gasteiger partial charge is 0.358 e. The minimum Gasteiger partial charge on any atom is -0.464 e. The van der Waals surface area contributed by atoms with Gasteiger partial charge in [0.25, 0.3) is 0 Å². The van der Waals surface area contributed by atoms with Crippen LogP contribution in [0.15, 0.2) is 18.2 Å². The van der Waals surface area contributed by atoms with Crippen molar-refractivity contribution in [2.24, 2.45) is 17.8 Å². The molecule has 3 aliphatic rings. The number of nitrogens with zero attached hydrogens (tertiary/aromatic N) is 3. The molecule has 4 rings (SSSR count). The van der Waals surface area contributed by atoms with E-state index in [0.29, 0.717) is 24.1 Å². The quantitative estimate of drug-likeness (QED) is 0.614. The van der Waals surface area contributed by atoms with Gasteiger partial charge in [-0.25, -0.2) is 4.79 Å². The highest BCUT2D eigenvalue weighted by Crippen LogP contribution is 2.44. The summed E-state index contributed by atoms with van der Waals surface area (Å²) in [6, 6.07) is 1.75. The second kappa shape index (κ2) is 5.51. The molecule has 3 atom stereocenters. The number of esters is 1. The minimum atomic E-state index is -0.429. The molecule has 1 amide bonds. The van der Waals surface area contributed by atoms with Crippen LogP contribution in [0.4, 0.5) is 0 Å². The van der Waals surface area contributed by atoms with Gasteiger partial charge in [0.2, 0.25) is 5.91 Å². The highest BCUT2D eigenvalue weighted by molar-refractivity contribution is 5.87. The molecular weight excluding hydrogens is 294 g/mol. The lowest BCUT2D eigenvalue weighted by atomic mass is 9.92. The Morgan fingerprint density at radius 1 is 1.26 bits per heavy atom. The summed E-state index contributed by atoms with van der Waals surface area (Å²) in [4.78, 5) is 26.5. The predicted octanol–water partition coefficient (Wildman–Crippen LogP) is 1.61. The van der Waals surface area contributed by atoms with Crippen molar-refractivity contribution < 1.29 is 14.3 Å². The molecule has 6 nitrogen and oxygen atoms in total. The summed E-state index contributed by atoms with van der Waals surface area (Å²) in [7, 11) is 1.35. The highest BCUT2D eigenvalue weighted by Gasteiger charge is 2.41. The number of hydrogen-bond acceptors (Lipinski definition) is 4. The molecule has 1 aromatic rings.